The molecule has 0 aromatic heterocycles. The van der Waals surface area contributed by atoms with Gasteiger partial charge in [-0.15, -0.1) is 0 Å². The molecule has 2 N–H and O–H groups in total. The summed E-state index contributed by atoms with van der Waals surface area (Å²) in [6, 6.07) is 11.5. The molecule has 4 nitrogen and oxygen atoms in total. The normalized spacial score (nSPS) is 11.9. The van der Waals surface area contributed by atoms with Crippen molar-refractivity contribution in [2.24, 2.45) is 0 Å². The molecule has 7 heteroatoms. The Balaban J connectivity index is 2.03. The fraction of sp³-hybridized carbons (Fsp3) is 0.333. The third-order valence-electron chi connectivity index (χ3n) is 3.53. The van der Waals surface area contributed by atoms with E-state index < -0.39 is 10.0 Å². The van der Waals surface area contributed by atoms with Gasteiger partial charge in [-0.05, 0) is 42.7 Å². The molecule has 0 saturated carbocycles. The number of halogens is 2. The molecule has 0 atom stereocenters. The van der Waals surface area contributed by atoms with Crippen molar-refractivity contribution in [2.45, 2.75) is 38.7 Å². The van der Waals surface area contributed by atoms with Crippen molar-refractivity contribution in [3.8, 4) is 0 Å². The van der Waals surface area contributed by atoms with Gasteiger partial charge in [-0.25, -0.2) is 17.5 Å². The van der Waals surface area contributed by atoms with Gasteiger partial charge in [0.1, 0.15) is 5.82 Å². The van der Waals surface area contributed by atoms with Crippen molar-refractivity contribution < 1.29 is 12.8 Å². The molecule has 0 aliphatic carbocycles. The van der Waals surface area contributed by atoms with Gasteiger partial charge in [0.15, 0.2) is 0 Å². The maximum atomic E-state index is 13.1. The first-order chi connectivity index (χ1) is 11.8. The fourth-order valence-electron chi connectivity index (χ4n) is 2.47. The molecule has 2 aromatic rings. The van der Waals surface area contributed by atoms with Crippen molar-refractivity contribution in [3.63, 3.8) is 0 Å². The minimum atomic E-state index is -3.39. The van der Waals surface area contributed by atoms with Crippen molar-refractivity contribution in [1.82, 2.24) is 10.0 Å². The average molecular weight is 385 g/mol. The highest BCUT2D eigenvalue weighted by Gasteiger charge is 2.15. The molecule has 0 spiro atoms. The summed E-state index contributed by atoms with van der Waals surface area (Å²) in [5.41, 5.74) is 2.43. The lowest BCUT2D eigenvalue weighted by molar-refractivity contribution is 0.568. The lowest BCUT2D eigenvalue weighted by Crippen LogP contribution is -2.31. The van der Waals surface area contributed by atoms with E-state index in [1.165, 1.54) is 12.1 Å². The molecule has 0 aliphatic rings. The van der Waals surface area contributed by atoms with E-state index in [2.05, 4.69) is 10.0 Å². The van der Waals surface area contributed by atoms with Gasteiger partial charge in [0.25, 0.3) is 0 Å². The zero-order chi connectivity index (χ0) is 18.4. The monoisotopic (exact) mass is 384 g/mol. The summed E-state index contributed by atoms with van der Waals surface area (Å²) in [7, 11) is -3.39. The lowest BCUT2D eigenvalue weighted by atomic mass is 10.1. The Bertz CT molecular complexity index is 826. The molecule has 0 saturated heterocycles. The van der Waals surface area contributed by atoms with E-state index in [1.54, 1.807) is 26.0 Å². The summed E-state index contributed by atoms with van der Waals surface area (Å²) in [5.74, 6) is -0.442. The van der Waals surface area contributed by atoms with Crippen LogP contribution in [-0.4, -0.2) is 14.5 Å². The topological polar surface area (TPSA) is 58.2 Å². The molecule has 0 bridgehead atoms. The lowest BCUT2D eigenvalue weighted by Gasteiger charge is -2.13. The van der Waals surface area contributed by atoms with Gasteiger partial charge in [0.05, 0.1) is 5.75 Å². The summed E-state index contributed by atoms with van der Waals surface area (Å²) in [4.78, 5) is 0. The largest absolute Gasteiger partial charge is 0.309 e. The molecule has 0 unspecified atom stereocenters. The number of benzene rings is 2. The van der Waals surface area contributed by atoms with E-state index in [4.69, 9.17) is 11.6 Å². The minimum Gasteiger partial charge on any atom is -0.309 e. The average Bonchev–Trinajstić information content (AvgIpc) is 2.49. The van der Waals surface area contributed by atoms with Crippen LogP contribution in [0.1, 0.15) is 30.5 Å². The van der Waals surface area contributed by atoms with Crippen LogP contribution in [0.3, 0.4) is 0 Å². The minimum absolute atomic E-state index is 0.0691. The Kier molecular flexibility index (Phi) is 6.95. The number of rotatable bonds is 8. The van der Waals surface area contributed by atoms with E-state index in [1.807, 2.05) is 18.2 Å². The highest BCUT2D eigenvalue weighted by Crippen LogP contribution is 2.18. The number of sulfonamides is 1. The fourth-order valence-corrected chi connectivity index (χ4v) is 4.20. The predicted molar refractivity (Wildman–Crippen MR) is 99.3 cm³/mol. The van der Waals surface area contributed by atoms with Crippen LogP contribution in [-0.2, 0) is 28.9 Å². The van der Waals surface area contributed by atoms with Crippen LogP contribution in [0.2, 0.25) is 5.02 Å². The summed E-state index contributed by atoms with van der Waals surface area (Å²) >= 11 is 6.01. The van der Waals surface area contributed by atoms with Gasteiger partial charge in [-0.1, -0.05) is 41.9 Å². The van der Waals surface area contributed by atoms with E-state index in [-0.39, 0.29) is 17.6 Å². The predicted octanol–water partition coefficient (Wildman–Crippen LogP) is 3.60. The second-order valence-corrected chi connectivity index (χ2v) is 8.30. The molecule has 0 radical (unpaired) electrons. The van der Waals surface area contributed by atoms with Gasteiger partial charge in [0.2, 0.25) is 10.0 Å². The van der Waals surface area contributed by atoms with Gasteiger partial charge in [-0.3, -0.25) is 0 Å². The number of hydrogen-bond acceptors (Lipinski definition) is 3. The second kappa shape index (κ2) is 8.76. The molecule has 25 heavy (non-hydrogen) atoms. The second-order valence-electron chi connectivity index (χ2n) is 6.14. The molecule has 2 rings (SSSR count). The molecular weight excluding hydrogens is 363 g/mol. The maximum Gasteiger partial charge on any atom is 0.216 e. The van der Waals surface area contributed by atoms with Crippen molar-refractivity contribution in [1.29, 1.82) is 0 Å². The molecule has 0 heterocycles. The third kappa shape index (κ3) is 6.40. The molecule has 0 aliphatic heterocycles. The van der Waals surface area contributed by atoms with Crippen LogP contribution in [0.15, 0.2) is 42.5 Å². The van der Waals surface area contributed by atoms with E-state index in [9.17, 15) is 12.8 Å². The van der Waals surface area contributed by atoms with Gasteiger partial charge >= 0.3 is 0 Å². The van der Waals surface area contributed by atoms with Gasteiger partial charge in [-0.2, -0.15) is 0 Å². The zero-order valence-corrected chi connectivity index (χ0v) is 15.8. The quantitative estimate of drug-likeness (QED) is 0.731. The Morgan fingerprint density at radius 3 is 2.32 bits per heavy atom. The summed E-state index contributed by atoms with van der Waals surface area (Å²) in [6.07, 6.45) is 0. The molecule has 0 fully saturated rings. The molecule has 2 aromatic carbocycles. The highest BCUT2D eigenvalue weighted by molar-refractivity contribution is 7.88. The Morgan fingerprint density at radius 1 is 1.04 bits per heavy atom. The summed E-state index contributed by atoms with van der Waals surface area (Å²) < 4.78 is 40.0. The van der Waals surface area contributed by atoms with E-state index >= 15 is 0 Å². The van der Waals surface area contributed by atoms with Crippen LogP contribution >= 0.6 is 11.6 Å². The number of nitrogens with one attached hydrogen (secondary N) is 2. The third-order valence-corrected chi connectivity index (χ3v) is 5.40. The SMILES string of the molecule is CC(C)NS(=O)(=O)Cc1ccccc1CNCc1ccc(F)cc1Cl. The molecule has 0 amide bonds. The molecular formula is C18H22ClFN2O2S. The Morgan fingerprint density at radius 2 is 1.68 bits per heavy atom. The van der Waals surface area contributed by atoms with Crippen molar-refractivity contribution >= 4 is 21.6 Å². The first kappa shape index (κ1) is 19.8. The van der Waals surface area contributed by atoms with Crippen LogP contribution in [0, 0.1) is 5.82 Å². The van der Waals surface area contributed by atoms with Gasteiger partial charge in [0, 0.05) is 24.2 Å². The van der Waals surface area contributed by atoms with Crippen LogP contribution in [0.4, 0.5) is 4.39 Å². The standard InChI is InChI=1S/C18H22ClFN2O2S/c1-13(2)22-25(23,24)12-16-6-4-3-5-14(16)10-21-11-15-7-8-17(20)9-18(15)19/h3-9,13,21-22H,10-12H2,1-2H3. The van der Waals surface area contributed by atoms with Crippen molar-refractivity contribution in [3.05, 3.63) is 70.0 Å². The highest BCUT2D eigenvalue weighted by atomic mass is 35.5. The van der Waals surface area contributed by atoms with Crippen LogP contribution in [0.5, 0.6) is 0 Å². The smallest absolute Gasteiger partial charge is 0.216 e. The van der Waals surface area contributed by atoms with E-state index in [0.29, 0.717) is 18.1 Å². The van der Waals surface area contributed by atoms with Crippen LogP contribution in [0.25, 0.3) is 0 Å². The van der Waals surface area contributed by atoms with Gasteiger partial charge < -0.3 is 5.32 Å². The van der Waals surface area contributed by atoms with Crippen molar-refractivity contribution in [2.75, 3.05) is 0 Å². The maximum absolute atomic E-state index is 13.1. The zero-order valence-electron chi connectivity index (χ0n) is 14.2. The Hall–Kier alpha value is -1.47. The number of hydrogen-bond donors (Lipinski definition) is 2. The van der Waals surface area contributed by atoms with Crippen LogP contribution < -0.4 is 10.0 Å². The summed E-state index contributed by atoms with van der Waals surface area (Å²) in [5, 5.41) is 3.59. The molecule has 136 valence electrons. The van der Waals surface area contributed by atoms with E-state index in [0.717, 1.165) is 16.7 Å². The first-order valence-electron chi connectivity index (χ1n) is 7.98. The Labute approximate surface area is 153 Å². The summed E-state index contributed by atoms with van der Waals surface area (Å²) in [6.45, 7) is 4.53. The first-order valence-corrected chi connectivity index (χ1v) is 10.0.